The molecule has 7 rings (SSSR count). The zero-order valence-corrected chi connectivity index (χ0v) is 23.2. The average molecular weight is 533 g/mol. The van der Waals surface area contributed by atoms with Gasteiger partial charge in [-0.15, -0.1) is 0 Å². The van der Waals surface area contributed by atoms with Crippen LogP contribution in [0.3, 0.4) is 0 Å². The van der Waals surface area contributed by atoms with E-state index in [1.54, 1.807) is 13.3 Å². The van der Waals surface area contributed by atoms with Crippen molar-refractivity contribution in [2.24, 2.45) is 23.2 Å². The Hall–Kier alpha value is -2.93. The molecule has 1 saturated heterocycles. The molecule has 4 bridgehead atoms. The summed E-state index contributed by atoms with van der Waals surface area (Å²) >= 11 is 0. The average Bonchev–Trinajstić information content (AvgIpc) is 2.93. The normalized spacial score (nSPS) is 31.0. The third-order valence-electron chi connectivity index (χ3n) is 9.26. The summed E-state index contributed by atoms with van der Waals surface area (Å²) < 4.78 is 17.3. The number of nitriles is 1. The smallest absolute Gasteiger partial charge is 0.224 e. The van der Waals surface area contributed by atoms with E-state index in [0.717, 1.165) is 23.8 Å². The molecule has 39 heavy (non-hydrogen) atoms. The highest BCUT2D eigenvalue weighted by Gasteiger charge is 2.55. The van der Waals surface area contributed by atoms with Gasteiger partial charge in [-0.25, -0.2) is 4.98 Å². The molecule has 9 nitrogen and oxygen atoms in total. The van der Waals surface area contributed by atoms with Crippen molar-refractivity contribution in [3.05, 3.63) is 41.6 Å². The quantitative estimate of drug-likeness (QED) is 0.435. The van der Waals surface area contributed by atoms with Crippen molar-refractivity contribution < 1.29 is 14.2 Å². The zero-order chi connectivity index (χ0) is 27.0. The topological polar surface area (TPSA) is 113 Å². The molecule has 5 aliphatic rings. The lowest BCUT2D eigenvalue weighted by Gasteiger charge is -2.61. The highest BCUT2D eigenvalue weighted by Crippen LogP contribution is 2.60. The van der Waals surface area contributed by atoms with Crippen LogP contribution in [0.4, 0.5) is 11.8 Å². The Morgan fingerprint density at radius 3 is 2.54 bits per heavy atom. The summed E-state index contributed by atoms with van der Waals surface area (Å²) in [7, 11) is 1.67. The first-order valence-corrected chi connectivity index (χ1v) is 14.3. The molecule has 208 valence electrons. The molecule has 4 saturated carbocycles. The number of anilines is 2. The van der Waals surface area contributed by atoms with Gasteiger partial charge in [-0.1, -0.05) is 18.2 Å². The van der Waals surface area contributed by atoms with E-state index in [0.29, 0.717) is 55.0 Å². The first kappa shape index (κ1) is 26.3. The van der Waals surface area contributed by atoms with Gasteiger partial charge in [0, 0.05) is 24.7 Å². The van der Waals surface area contributed by atoms with Crippen LogP contribution in [0, 0.1) is 34.5 Å². The maximum absolute atomic E-state index is 9.73. The molecule has 1 aromatic carbocycles. The number of methoxy groups -OCH3 is 1. The Kier molecular flexibility index (Phi) is 7.13. The molecule has 1 aliphatic heterocycles. The van der Waals surface area contributed by atoms with Crippen LogP contribution in [-0.2, 0) is 16.0 Å². The Bertz CT molecular complexity index is 1200. The van der Waals surface area contributed by atoms with Gasteiger partial charge >= 0.3 is 0 Å². The first-order chi connectivity index (χ1) is 18.9. The van der Waals surface area contributed by atoms with Crippen molar-refractivity contribution in [1.82, 2.24) is 15.3 Å². The van der Waals surface area contributed by atoms with Gasteiger partial charge in [-0.05, 0) is 75.2 Å². The number of ether oxygens (including phenoxy) is 3. The zero-order valence-electron chi connectivity index (χ0n) is 23.2. The van der Waals surface area contributed by atoms with Crippen molar-refractivity contribution in [2.45, 2.75) is 70.4 Å². The maximum Gasteiger partial charge on any atom is 0.224 e. The fourth-order valence-corrected chi connectivity index (χ4v) is 7.72. The summed E-state index contributed by atoms with van der Waals surface area (Å²) in [5.41, 5.74) is 1.75. The van der Waals surface area contributed by atoms with Gasteiger partial charge in [-0.2, -0.15) is 10.2 Å². The Morgan fingerprint density at radius 2 is 1.82 bits per heavy atom. The second kappa shape index (κ2) is 10.6. The lowest BCUT2D eigenvalue weighted by molar-refractivity contribution is -0.255. The maximum atomic E-state index is 9.73. The van der Waals surface area contributed by atoms with E-state index in [1.807, 2.05) is 38.1 Å². The molecule has 1 unspecified atom stereocenters. The van der Waals surface area contributed by atoms with Crippen LogP contribution in [0.15, 0.2) is 30.5 Å². The number of nitrogens with zero attached hydrogens (tertiary/aromatic N) is 3. The molecular formula is C30H40N6O3. The van der Waals surface area contributed by atoms with E-state index < -0.39 is 5.79 Å². The van der Waals surface area contributed by atoms with Crippen LogP contribution in [-0.4, -0.2) is 54.7 Å². The second-order valence-electron chi connectivity index (χ2n) is 12.5. The molecule has 0 radical (unpaired) electrons. The van der Waals surface area contributed by atoms with Crippen molar-refractivity contribution >= 4 is 11.8 Å². The van der Waals surface area contributed by atoms with Gasteiger partial charge in [0.05, 0.1) is 32.6 Å². The van der Waals surface area contributed by atoms with E-state index in [9.17, 15) is 5.26 Å². The molecule has 2 aromatic rings. The van der Waals surface area contributed by atoms with Crippen LogP contribution < -0.4 is 20.7 Å². The van der Waals surface area contributed by atoms with E-state index in [2.05, 4.69) is 27.0 Å². The number of hydrogen-bond acceptors (Lipinski definition) is 9. The van der Waals surface area contributed by atoms with Gasteiger partial charge in [0.2, 0.25) is 5.95 Å². The second-order valence-corrected chi connectivity index (χ2v) is 12.5. The molecule has 0 spiro atoms. The molecule has 4 aliphatic carbocycles. The van der Waals surface area contributed by atoms with E-state index in [4.69, 9.17) is 19.2 Å². The summed E-state index contributed by atoms with van der Waals surface area (Å²) in [6.07, 6.45) is 7.89. The third kappa shape index (κ3) is 5.56. The number of para-hydroxylation sites is 1. The van der Waals surface area contributed by atoms with Gasteiger partial charge in [0.25, 0.3) is 0 Å². The minimum absolute atomic E-state index is 0.249. The number of rotatable bonds is 9. The fraction of sp³-hybridized carbons (Fsp3) is 0.633. The monoisotopic (exact) mass is 532 g/mol. The lowest BCUT2D eigenvalue weighted by Crippen LogP contribution is -2.63. The van der Waals surface area contributed by atoms with Crippen molar-refractivity contribution in [3.8, 4) is 11.8 Å². The number of nitrogens with one attached hydrogen (secondary N) is 3. The first-order valence-electron chi connectivity index (χ1n) is 14.3. The van der Waals surface area contributed by atoms with Gasteiger partial charge in [-0.3, -0.25) is 0 Å². The number of hydrogen-bond donors (Lipinski definition) is 3. The minimum atomic E-state index is -0.481. The summed E-state index contributed by atoms with van der Waals surface area (Å²) in [5, 5.41) is 20.6. The predicted octanol–water partition coefficient (Wildman–Crippen LogP) is 4.32. The highest BCUT2D eigenvalue weighted by atomic mass is 16.7. The lowest BCUT2D eigenvalue weighted by atomic mass is 9.48. The summed E-state index contributed by atoms with van der Waals surface area (Å²) in [6.45, 7) is 6.75. The SMILES string of the molecule is COc1ccccc1CNc1ncc(C#N)c(NC[C@@]23CC4C[C@H](C2)[C@@H](NC2COC(C)(C)OC2)[C@@H](C4)C3)n1. The summed E-state index contributed by atoms with van der Waals surface area (Å²) in [5.74, 6) is 3.58. The largest absolute Gasteiger partial charge is 0.496 e. The van der Waals surface area contributed by atoms with Crippen LogP contribution in [0.1, 0.15) is 57.1 Å². The molecule has 9 heteroatoms. The molecule has 2 heterocycles. The van der Waals surface area contributed by atoms with Crippen LogP contribution in [0.5, 0.6) is 5.75 Å². The van der Waals surface area contributed by atoms with Gasteiger partial charge in [0.15, 0.2) is 5.79 Å². The van der Waals surface area contributed by atoms with Gasteiger partial charge < -0.3 is 30.2 Å². The molecule has 1 aromatic heterocycles. The van der Waals surface area contributed by atoms with E-state index >= 15 is 0 Å². The number of benzene rings is 1. The van der Waals surface area contributed by atoms with Crippen molar-refractivity contribution in [1.29, 1.82) is 5.26 Å². The fourth-order valence-electron chi connectivity index (χ4n) is 7.72. The minimum Gasteiger partial charge on any atom is -0.496 e. The molecule has 5 atom stereocenters. The van der Waals surface area contributed by atoms with Crippen LogP contribution in [0.25, 0.3) is 0 Å². The van der Waals surface area contributed by atoms with E-state index in [1.165, 1.54) is 32.1 Å². The standard InChI is InChI=1S/C30H40N6O3/c1-29(2)38-16-24(17-39-29)35-26-21-8-19-9-22(26)12-30(10-19,11-21)18-34-27-23(13-31)15-33-28(36-27)32-14-20-6-4-5-7-25(20)37-3/h4-7,15,19,21-22,24,26,35H,8-12,14,16-18H2,1-3H3,(H2,32,33,34,36)/t19?,21-,22+,26-,30+. The summed E-state index contributed by atoms with van der Waals surface area (Å²) in [6, 6.07) is 10.9. The van der Waals surface area contributed by atoms with Gasteiger partial charge in [0.1, 0.15) is 23.2 Å². The Morgan fingerprint density at radius 1 is 1.08 bits per heavy atom. The Labute approximate surface area is 231 Å². The van der Waals surface area contributed by atoms with Crippen LogP contribution >= 0.6 is 0 Å². The van der Waals surface area contributed by atoms with Crippen molar-refractivity contribution in [3.63, 3.8) is 0 Å². The van der Waals surface area contributed by atoms with Crippen molar-refractivity contribution in [2.75, 3.05) is 37.5 Å². The highest BCUT2D eigenvalue weighted by molar-refractivity contribution is 5.53. The third-order valence-corrected chi connectivity index (χ3v) is 9.26. The molecule has 5 fully saturated rings. The van der Waals surface area contributed by atoms with Crippen LogP contribution in [0.2, 0.25) is 0 Å². The number of aromatic nitrogens is 2. The molecule has 3 N–H and O–H groups in total. The summed E-state index contributed by atoms with van der Waals surface area (Å²) in [4.78, 5) is 9.07. The Balaban J connectivity index is 1.10. The van der Waals surface area contributed by atoms with E-state index in [-0.39, 0.29) is 11.5 Å². The predicted molar refractivity (Wildman–Crippen MR) is 148 cm³/mol. The molecule has 0 amide bonds. The molecular weight excluding hydrogens is 492 g/mol.